The second kappa shape index (κ2) is 3.44. The highest BCUT2D eigenvalue weighted by Gasteiger charge is 2.36. The van der Waals surface area contributed by atoms with Gasteiger partial charge < -0.3 is 10.2 Å². The van der Waals surface area contributed by atoms with Crippen molar-refractivity contribution in [1.82, 2.24) is 10.2 Å². The molecule has 2 aliphatic heterocycles. The Morgan fingerprint density at radius 2 is 2.14 bits per heavy atom. The zero-order valence-electron chi connectivity index (χ0n) is 8.71. The summed E-state index contributed by atoms with van der Waals surface area (Å²) in [5.74, 6) is 2.16. The Labute approximate surface area is 85.6 Å². The van der Waals surface area contributed by atoms with Gasteiger partial charge >= 0.3 is 0 Å². The smallest absolute Gasteiger partial charge is 0.194 e. The molecule has 78 valence electrons. The first-order valence-corrected chi connectivity index (χ1v) is 6.00. The molecule has 1 N–H and O–H groups in total. The van der Waals surface area contributed by atoms with Crippen molar-refractivity contribution in [2.24, 2.45) is 10.9 Å². The number of nitrogens with zero attached hydrogens (tertiary/aromatic N) is 2. The summed E-state index contributed by atoms with van der Waals surface area (Å²) in [5, 5.41) is 3.41. The van der Waals surface area contributed by atoms with Crippen LogP contribution in [0.5, 0.6) is 0 Å². The molecule has 1 saturated carbocycles. The predicted molar refractivity (Wildman–Crippen MR) is 57.4 cm³/mol. The molecule has 0 aromatic heterocycles. The average Bonchev–Trinajstić information content (AvgIpc) is 2.88. The van der Waals surface area contributed by atoms with Gasteiger partial charge in [0.15, 0.2) is 5.96 Å². The number of aliphatic imine (C=N–C) groups is 1. The molecule has 14 heavy (non-hydrogen) atoms. The topological polar surface area (TPSA) is 27.6 Å². The molecule has 2 heterocycles. The summed E-state index contributed by atoms with van der Waals surface area (Å²) in [6, 6.07) is 0.813. The number of piperidine rings is 1. The SMILES string of the molecule is C1CC2CCCN(C3=NCCN3)C2C1. The van der Waals surface area contributed by atoms with E-state index in [0.717, 1.165) is 25.0 Å². The monoisotopic (exact) mass is 193 g/mol. The molecule has 0 aromatic rings. The van der Waals surface area contributed by atoms with E-state index in [1.807, 2.05) is 0 Å². The maximum atomic E-state index is 4.55. The van der Waals surface area contributed by atoms with Crippen molar-refractivity contribution in [3.8, 4) is 0 Å². The van der Waals surface area contributed by atoms with Gasteiger partial charge in [-0.05, 0) is 31.6 Å². The molecule has 2 atom stereocenters. The normalized spacial score (nSPS) is 36.6. The lowest BCUT2D eigenvalue weighted by Crippen LogP contribution is -2.49. The van der Waals surface area contributed by atoms with E-state index in [4.69, 9.17) is 0 Å². The van der Waals surface area contributed by atoms with Gasteiger partial charge in [0.1, 0.15) is 0 Å². The third kappa shape index (κ3) is 1.30. The first kappa shape index (κ1) is 8.57. The van der Waals surface area contributed by atoms with E-state index in [1.165, 1.54) is 44.6 Å². The van der Waals surface area contributed by atoms with Crippen LogP contribution in [0.15, 0.2) is 4.99 Å². The van der Waals surface area contributed by atoms with Crippen molar-refractivity contribution in [2.75, 3.05) is 19.6 Å². The number of rotatable bonds is 0. The molecule has 3 aliphatic rings. The first-order chi connectivity index (χ1) is 6.95. The quantitative estimate of drug-likeness (QED) is 0.626. The van der Waals surface area contributed by atoms with Crippen LogP contribution in [-0.4, -0.2) is 36.5 Å². The summed E-state index contributed by atoms with van der Waals surface area (Å²) < 4.78 is 0. The number of guanidine groups is 1. The Bertz CT molecular complexity index is 249. The zero-order chi connectivity index (χ0) is 9.38. The maximum absolute atomic E-state index is 4.55. The fourth-order valence-corrected chi connectivity index (χ4v) is 3.29. The molecule has 0 amide bonds. The van der Waals surface area contributed by atoms with E-state index in [0.29, 0.717) is 0 Å². The van der Waals surface area contributed by atoms with Crippen LogP contribution in [0.3, 0.4) is 0 Å². The van der Waals surface area contributed by atoms with Crippen LogP contribution >= 0.6 is 0 Å². The second-order valence-corrected chi connectivity index (χ2v) is 4.73. The lowest BCUT2D eigenvalue weighted by Gasteiger charge is -2.38. The van der Waals surface area contributed by atoms with Gasteiger partial charge in [0, 0.05) is 19.1 Å². The number of likely N-dealkylation sites (tertiary alicyclic amines) is 1. The molecule has 2 unspecified atom stereocenters. The second-order valence-electron chi connectivity index (χ2n) is 4.73. The minimum atomic E-state index is 0.813. The first-order valence-electron chi connectivity index (χ1n) is 6.00. The molecule has 3 rings (SSSR count). The van der Waals surface area contributed by atoms with E-state index in [-0.39, 0.29) is 0 Å². The number of hydrogen-bond acceptors (Lipinski definition) is 3. The van der Waals surface area contributed by atoms with Crippen molar-refractivity contribution < 1.29 is 0 Å². The highest BCUT2D eigenvalue weighted by molar-refractivity contribution is 5.81. The van der Waals surface area contributed by atoms with Gasteiger partial charge in [0.2, 0.25) is 0 Å². The molecular weight excluding hydrogens is 174 g/mol. The minimum absolute atomic E-state index is 0.813. The minimum Gasteiger partial charge on any atom is -0.354 e. The van der Waals surface area contributed by atoms with Crippen molar-refractivity contribution in [3.05, 3.63) is 0 Å². The lowest BCUT2D eigenvalue weighted by atomic mass is 9.92. The summed E-state index contributed by atoms with van der Waals surface area (Å²) in [5.41, 5.74) is 0. The van der Waals surface area contributed by atoms with E-state index in [9.17, 15) is 0 Å². The van der Waals surface area contributed by atoms with Crippen LogP contribution in [0, 0.1) is 5.92 Å². The van der Waals surface area contributed by atoms with Crippen LogP contribution in [0.1, 0.15) is 32.1 Å². The van der Waals surface area contributed by atoms with E-state index in [2.05, 4.69) is 15.2 Å². The van der Waals surface area contributed by atoms with E-state index < -0.39 is 0 Å². The Kier molecular flexibility index (Phi) is 2.11. The summed E-state index contributed by atoms with van der Waals surface area (Å²) in [6.45, 7) is 3.25. The molecule has 0 aromatic carbocycles. The molecule has 0 radical (unpaired) electrons. The standard InChI is InChI=1S/C11H19N3/c1-3-9-4-2-8-14(10(9)5-1)11-12-6-7-13-11/h9-10H,1-8H2,(H,12,13). The largest absolute Gasteiger partial charge is 0.354 e. The Morgan fingerprint density at radius 1 is 1.21 bits per heavy atom. The highest BCUT2D eigenvalue weighted by Crippen LogP contribution is 2.36. The Balaban J connectivity index is 1.77. The highest BCUT2D eigenvalue weighted by atomic mass is 15.3. The fourth-order valence-electron chi connectivity index (χ4n) is 3.29. The molecule has 1 saturated heterocycles. The van der Waals surface area contributed by atoms with Gasteiger partial charge in [0.05, 0.1) is 6.54 Å². The number of nitrogens with one attached hydrogen (secondary N) is 1. The van der Waals surface area contributed by atoms with Gasteiger partial charge in [-0.2, -0.15) is 0 Å². The molecule has 3 heteroatoms. The van der Waals surface area contributed by atoms with E-state index in [1.54, 1.807) is 0 Å². The summed E-state index contributed by atoms with van der Waals surface area (Å²) >= 11 is 0. The maximum Gasteiger partial charge on any atom is 0.194 e. The van der Waals surface area contributed by atoms with E-state index >= 15 is 0 Å². The Morgan fingerprint density at radius 3 is 3.00 bits per heavy atom. The molecule has 0 spiro atoms. The predicted octanol–water partition coefficient (Wildman–Crippen LogP) is 1.21. The van der Waals surface area contributed by atoms with Crippen LogP contribution in [0.2, 0.25) is 0 Å². The van der Waals surface area contributed by atoms with Crippen LogP contribution in [-0.2, 0) is 0 Å². The van der Waals surface area contributed by atoms with Crippen molar-refractivity contribution in [1.29, 1.82) is 0 Å². The van der Waals surface area contributed by atoms with Crippen LogP contribution < -0.4 is 5.32 Å². The molecule has 3 nitrogen and oxygen atoms in total. The van der Waals surface area contributed by atoms with Gasteiger partial charge in [-0.3, -0.25) is 4.99 Å². The zero-order valence-corrected chi connectivity index (χ0v) is 8.71. The van der Waals surface area contributed by atoms with Gasteiger partial charge in [0.25, 0.3) is 0 Å². The van der Waals surface area contributed by atoms with Crippen molar-refractivity contribution in [2.45, 2.75) is 38.1 Å². The number of hydrogen-bond donors (Lipinski definition) is 1. The molecular formula is C11H19N3. The van der Waals surface area contributed by atoms with Gasteiger partial charge in [-0.1, -0.05) is 6.42 Å². The molecule has 1 aliphatic carbocycles. The lowest BCUT2D eigenvalue weighted by molar-refractivity contribution is 0.187. The van der Waals surface area contributed by atoms with Crippen LogP contribution in [0.25, 0.3) is 0 Å². The Hall–Kier alpha value is -0.730. The third-order valence-corrected chi connectivity index (χ3v) is 3.92. The molecule has 2 fully saturated rings. The van der Waals surface area contributed by atoms with Crippen molar-refractivity contribution in [3.63, 3.8) is 0 Å². The number of fused-ring (bicyclic) bond motifs is 1. The summed E-state index contributed by atoms with van der Waals surface area (Å²) in [4.78, 5) is 7.10. The summed E-state index contributed by atoms with van der Waals surface area (Å²) in [6.07, 6.45) is 7.09. The average molecular weight is 193 g/mol. The third-order valence-electron chi connectivity index (χ3n) is 3.92. The fraction of sp³-hybridized carbons (Fsp3) is 0.909. The van der Waals surface area contributed by atoms with Crippen molar-refractivity contribution >= 4 is 5.96 Å². The summed E-state index contributed by atoms with van der Waals surface area (Å²) in [7, 11) is 0. The van der Waals surface area contributed by atoms with Gasteiger partial charge in [-0.25, -0.2) is 0 Å². The van der Waals surface area contributed by atoms with Gasteiger partial charge in [-0.15, -0.1) is 0 Å². The molecule has 0 bridgehead atoms. The van der Waals surface area contributed by atoms with Crippen LogP contribution in [0.4, 0.5) is 0 Å².